The standard InChI is InChI=1S/C10H15BrN4O/c1-2-16-7-3-6(4-7)14-9-8(11)5-13-10(12)15-9/h5-7H,2-4H2,1H3,(H3,12,13,14,15). The van der Waals surface area contributed by atoms with Crippen molar-refractivity contribution >= 4 is 27.7 Å². The number of hydrogen-bond donors (Lipinski definition) is 2. The van der Waals surface area contributed by atoms with E-state index in [0.717, 1.165) is 29.7 Å². The van der Waals surface area contributed by atoms with Crippen LogP contribution in [0.3, 0.4) is 0 Å². The van der Waals surface area contributed by atoms with Crippen LogP contribution in [0.4, 0.5) is 11.8 Å². The van der Waals surface area contributed by atoms with Gasteiger partial charge in [0.25, 0.3) is 0 Å². The van der Waals surface area contributed by atoms with Crippen molar-refractivity contribution in [1.82, 2.24) is 9.97 Å². The largest absolute Gasteiger partial charge is 0.378 e. The van der Waals surface area contributed by atoms with Gasteiger partial charge in [0.05, 0.1) is 10.6 Å². The van der Waals surface area contributed by atoms with Crippen LogP contribution in [0.5, 0.6) is 0 Å². The molecule has 1 aromatic heterocycles. The first-order valence-corrected chi connectivity index (χ1v) is 6.14. The third kappa shape index (κ3) is 2.62. The molecule has 0 atom stereocenters. The SMILES string of the molecule is CCOC1CC(Nc2nc(N)ncc2Br)C1. The first-order chi connectivity index (χ1) is 7.69. The summed E-state index contributed by atoms with van der Waals surface area (Å²) in [5.74, 6) is 1.04. The van der Waals surface area contributed by atoms with E-state index in [1.54, 1.807) is 6.20 Å². The molecule has 0 aromatic carbocycles. The maximum absolute atomic E-state index is 5.53. The number of nitrogens with one attached hydrogen (secondary N) is 1. The zero-order valence-corrected chi connectivity index (χ0v) is 10.7. The molecular formula is C10H15BrN4O. The van der Waals surface area contributed by atoms with Crippen LogP contribution in [0, 0.1) is 0 Å². The van der Waals surface area contributed by atoms with Gasteiger partial charge < -0.3 is 15.8 Å². The van der Waals surface area contributed by atoms with Crippen molar-refractivity contribution < 1.29 is 4.74 Å². The summed E-state index contributed by atoms with van der Waals surface area (Å²) in [5.41, 5.74) is 5.53. The Kier molecular flexibility index (Phi) is 3.60. The first kappa shape index (κ1) is 11.6. The van der Waals surface area contributed by atoms with Crippen LogP contribution >= 0.6 is 15.9 Å². The molecule has 6 heteroatoms. The summed E-state index contributed by atoms with van der Waals surface area (Å²) >= 11 is 3.38. The summed E-state index contributed by atoms with van der Waals surface area (Å²) < 4.78 is 6.33. The van der Waals surface area contributed by atoms with E-state index >= 15 is 0 Å². The van der Waals surface area contributed by atoms with Crippen LogP contribution in [0.25, 0.3) is 0 Å². The second-order valence-corrected chi connectivity index (χ2v) is 4.67. The summed E-state index contributed by atoms with van der Waals surface area (Å²) in [4.78, 5) is 8.02. The van der Waals surface area contributed by atoms with Gasteiger partial charge in [-0.25, -0.2) is 4.98 Å². The number of ether oxygens (including phenoxy) is 1. The molecule has 0 unspecified atom stereocenters. The Balaban J connectivity index is 1.89. The number of nitrogens with zero attached hydrogens (tertiary/aromatic N) is 2. The second-order valence-electron chi connectivity index (χ2n) is 3.81. The molecule has 1 saturated carbocycles. The monoisotopic (exact) mass is 286 g/mol. The van der Waals surface area contributed by atoms with Crippen molar-refractivity contribution in [2.45, 2.75) is 31.9 Å². The van der Waals surface area contributed by atoms with Crippen molar-refractivity contribution in [3.05, 3.63) is 10.7 Å². The number of halogens is 1. The molecule has 16 heavy (non-hydrogen) atoms. The quantitative estimate of drug-likeness (QED) is 0.883. The molecule has 0 bridgehead atoms. The highest BCUT2D eigenvalue weighted by molar-refractivity contribution is 9.10. The van der Waals surface area contributed by atoms with Crippen molar-refractivity contribution in [2.75, 3.05) is 17.7 Å². The maximum atomic E-state index is 5.53. The lowest BCUT2D eigenvalue weighted by molar-refractivity contribution is 0.00291. The Bertz CT molecular complexity index is 368. The Labute approximate surface area is 103 Å². The average Bonchev–Trinajstić information content (AvgIpc) is 2.20. The maximum Gasteiger partial charge on any atom is 0.221 e. The minimum atomic E-state index is 0.284. The predicted molar refractivity (Wildman–Crippen MR) is 66.2 cm³/mol. The Hall–Kier alpha value is -0.880. The molecule has 1 aromatic rings. The molecule has 5 nitrogen and oxygen atoms in total. The predicted octanol–water partition coefficient (Wildman–Crippen LogP) is 1.80. The molecular weight excluding hydrogens is 272 g/mol. The Morgan fingerprint density at radius 2 is 2.38 bits per heavy atom. The fourth-order valence-electron chi connectivity index (χ4n) is 1.73. The number of aromatic nitrogens is 2. The molecule has 2 rings (SSSR count). The number of hydrogen-bond acceptors (Lipinski definition) is 5. The zero-order valence-electron chi connectivity index (χ0n) is 9.11. The molecule has 1 aliphatic rings. The fraction of sp³-hybridized carbons (Fsp3) is 0.600. The number of rotatable bonds is 4. The number of anilines is 2. The summed E-state index contributed by atoms with van der Waals surface area (Å²) in [6.07, 6.45) is 4.08. The molecule has 0 radical (unpaired) electrons. The number of nitrogen functional groups attached to an aromatic ring is 1. The van der Waals surface area contributed by atoms with Crippen molar-refractivity contribution in [3.8, 4) is 0 Å². The van der Waals surface area contributed by atoms with Gasteiger partial charge in [0, 0.05) is 18.8 Å². The molecule has 1 aliphatic carbocycles. The molecule has 1 fully saturated rings. The molecule has 0 aliphatic heterocycles. The fourth-order valence-corrected chi connectivity index (χ4v) is 2.04. The summed E-state index contributed by atoms with van der Waals surface area (Å²) in [5, 5.41) is 3.32. The molecule has 3 N–H and O–H groups in total. The van der Waals surface area contributed by atoms with Crippen molar-refractivity contribution in [3.63, 3.8) is 0 Å². The van der Waals surface area contributed by atoms with Crippen LogP contribution in [0.15, 0.2) is 10.7 Å². The summed E-state index contributed by atoms with van der Waals surface area (Å²) in [6, 6.07) is 0.419. The lowest BCUT2D eigenvalue weighted by atomic mass is 9.89. The van der Waals surface area contributed by atoms with Gasteiger partial charge in [0.2, 0.25) is 5.95 Å². The molecule has 0 amide bonds. The van der Waals surface area contributed by atoms with Gasteiger partial charge in [-0.05, 0) is 35.7 Å². The average molecular weight is 287 g/mol. The topological polar surface area (TPSA) is 73.1 Å². The highest BCUT2D eigenvalue weighted by atomic mass is 79.9. The molecule has 1 heterocycles. The van der Waals surface area contributed by atoms with Gasteiger partial charge in [0.15, 0.2) is 0 Å². The van der Waals surface area contributed by atoms with Gasteiger partial charge in [-0.15, -0.1) is 0 Å². The minimum Gasteiger partial charge on any atom is -0.378 e. The number of nitrogens with two attached hydrogens (primary N) is 1. The van der Waals surface area contributed by atoms with Gasteiger partial charge in [-0.2, -0.15) is 4.98 Å². The van der Waals surface area contributed by atoms with E-state index in [1.165, 1.54) is 0 Å². The highest BCUT2D eigenvalue weighted by Gasteiger charge is 2.30. The van der Waals surface area contributed by atoms with E-state index in [-0.39, 0.29) is 5.95 Å². The molecule has 88 valence electrons. The third-order valence-electron chi connectivity index (χ3n) is 2.60. The van der Waals surface area contributed by atoms with Gasteiger partial charge in [-0.1, -0.05) is 0 Å². The minimum absolute atomic E-state index is 0.284. The van der Waals surface area contributed by atoms with Gasteiger partial charge in [-0.3, -0.25) is 0 Å². The van der Waals surface area contributed by atoms with Gasteiger partial charge >= 0.3 is 0 Å². The zero-order chi connectivity index (χ0) is 11.5. The van der Waals surface area contributed by atoms with Crippen LogP contribution in [-0.4, -0.2) is 28.7 Å². The van der Waals surface area contributed by atoms with E-state index in [0.29, 0.717) is 12.1 Å². The van der Waals surface area contributed by atoms with E-state index in [1.807, 2.05) is 6.92 Å². The second kappa shape index (κ2) is 4.97. The summed E-state index contributed by atoms with van der Waals surface area (Å²) in [7, 11) is 0. The Morgan fingerprint density at radius 3 is 3.06 bits per heavy atom. The van der Waals surface area contributed by atoms with Crippen LogP contribution in [0.1, 0.15) is 19.8 Å². The summed E-state index contributed by atoms with van der Waals surface area (Å²) in [6.45, 7) is 2.80. The van der Waals surface area contributed by atoms with Crippen molar-refractivity contribution in [2.24, 2.45) is 0 Å². The van der Waals surface area contributed by atoms with E-state index < -0.39 is 0 Å². The molecule has 0 spiro atoms. The van der Waals surface area contributed by atoms with Gasteiger partial charge in [0.1, 0.15) is 5.82 Å². The van der Waals surface area contributed by atoms with E-state index in [2.05, 4.69) is 31.2 Å². The van der Waals surface area contributed by atoms with Crippen LogP contribution < -0.4 is 11.1 Å². The van der Waals surface area contributed by atoms with E-state index in [9.17, 15) is 0 Å². The third-order valence-corrected chi connectivity index (χ3v) is 3.18. The van der Waals surface area contributed by atoms with Crippen molar-refractivity contribution in [1.29, 1.82) is 0 Å². The Morgan fingerprint density at radius 1 is 1.62 bits per heavy atom. The smallest absolute Gasteiger partial charge is 0.221 e. The highest BCUT2D eigenvalue weighted by Crippen LogP contribution is 2.28. The van der Waals surface area contributed by atoms with Crippen LogP contribution in [0.2, 0.25) is 0 Å². The van der Waals surface area contributed by atoms with Crippen LogP contribution in [-0.2, 0) is 4.74 Å². The lowest BCUT2D eigenvalue weighted by Gasteiger charge is -2.35. The normalized spacial score (nSPS) is 23.9. The lowest BCUT2D eigenvalue weighted by Crippen LogP contribution is -2.41. The van der Waals surface area contributed by atoms with E-state index in [4.69, 9.17) is 10.5 Å². The molecule has 0 saturated heterocycles. The first-order valence-electron chi connectivity index (χ1n) is 5.35.